The third kappa shape index (κ3) is 7.09. The Balaban J connectivity index is 2.64. The van der Waals surface area contributed by atoms with Crippen molar-refractivity contribution in [2.24, 2.45) is 0 Å². The molecule has 0 atom stereocenters. The maximum Gasteiger partial charge on any atom is 0.244 e. The van der Waals surface area contributed by atoms with E-state index < -0.39 is 10.0 Å². The number of unbranched alkanes of at least 4 members (excludes halogenated alkanes) is 5. The van der Waals surface area contributed by atoms with E-state index in [1.54, 1.807) is 18.2 Å². The summed E-state index contributed by atoms with van der Waals surface area (Å²) < 4.78 is 38.6. The van der Waals surface area contributed by atoms with Crippen LogP contribution >= 0.6 is 0 Å². The summed E-state index contributed by atoms with van der Waals surface area (Å²) in [5, 5.41) is 0. The first-order valence-corrected chi connectivity index (χ1v) is 10.4. The number of rotatable bonds is 13. The summed E-state index contributed by atoms with van der Waals surface area (Å²) in [6.07, 6.45) is 6.73. The molecule has 0 saturated carbocycles. The lowest BCUT2D eigenvalue weighted by atomic mass is 10.1. The van der Waals surface area contributed by atoms with Gasteiger partial charge >= 0.3 is 0 Å². The van der Waals surface area contributed by atoms with Crippen LogP contribution in [0.1, 0.15) is 59.3 Å². The molecule has 0 aliphatic carbocycles. The fourth-order valence-corrected chi connectivity index (χ4v) is 3.62. The Hall–Kier alpha value is -1.27. The number of ether oxygens (including phenoxy) is 2. The SMILES string of the molecule is CCCCCCCCNS(=O)(=O)c1ccc(OCC)cc1OCC. The van der Waals surface area contributed by atoms with E-state index in [2.05, 4.69) is 11.6 Å². The van der Waals surface area contributed by atoms with Crippen molar-refractivity contribution in [3.8, 4) is 11.5 Å². The Morgan fingerprint density at radius 1 is 0.917 bits per heavy atom. The smallest absolute Gasteiger partial charge is 0.244 e. The van der Waals surface area contributed by atoms with Gasteiger partial charge in [-0.2, -0.15) is 0 Å². The Kier molecular flexibility index (Phi) is 9.79. The molecule has 1 rings (SSSR count). The fraction of sp³-hybridized carbons (Fsp3) is 0.667. The summed E-state index contributed by atoms with van der Waals surface area (Å²) in [6.45, 7) is 7.26. The molecule has 0 spiro atoms. The molecule has 1 aromatic rings. The van der Waals surface area contributed by atoms with Crippen molar-refractivity contribution < 1.29 is 17.9 Å². The van der Waals surface area contributed by atoms with Gasteiger partial charge in [-0.3, -0.25) is 0 Å². The molecule has 0 aromatic heterocycles. The largest absolute Gasteiger partial charge is 0.494 e. The topological polar surface area (TPSA) is 64.6 Å². The third-order valence-corrected chi connectivity index (χ3v) is 5.14. The maximum absolute atomic E-state index is 12.5. The molecule has 1 aromatic carbocycles. The van der Waals surface area contributed by atoms with Gasteiger partial charge in [0.2, 0.25) is 10.0 Å². The first-order valence-electron chi connectivity index (χ1n) is 8.94. The van der Waals surface area contributed by atoms with Gasteiger partial charge in [0.15, 0.2) is 0 Å². The molecular weight excluding hydrogens is 326 g/mol. The van der Waals surface area contributed by atoms with Gasteiger partial charge in [0.05, 0.1) is 13.2 Å². The van der Waals surface area contributed by atoms with Gasteiger partial charge in [-0.1, -0.05) is 39.0 Å². The van der Waals surface area contributed by atoms with E-state index in [4.69, 9.17) is 9.47 Å². The number of hydrogen-bond acceptors (Lipinski definition) is 4. The van der Waals surface area contributed by atoms with Crippen LogP contribution in [0.4, 0.5) is 0 Å². The zero-order valence-corrected chi connectivity index (χ0v) is 16.0. The van der Waals surface area contributed by atoms with Gasteiger partial charge in [-0.15, -0.1) is 0 Å². The van der Waals surface area contributed by atoms with Crippen LogP contribution in [0.25, 0.3) is 0 Å². The monoisotopic (exact) mass is 357 g/mol. The van der Waals surface area contributed by atoms with Crippen molar-refractivity contribution in [2.45, 2.75) is 64.2 Å². The molecule has 0 amide bonds. The van der Waals surface area contributed by atoms with E-state index in [9.17, 15) is 8.42 Å². The lowest BCUT2D eigenvalue weighted by molar-refractivity contribution is 0.317. The molecule has 6 heteroatoms. The summed E-state index contributed by atoms with van der Waals surface area (Å²) in [5.41, 5.74) is 0. The molecule has 0 bridgehead atoms. The van der Waals surface area contributed by atoms with Gasteiger partial charge < -0.3 is 9.47 Å². The van der Waals surface area contributed by atoms with Crippen molar-refractivity contribution >= 4 is 10.0 Å². The highest BCUT2D eigenvalue weighted by Gasteiger charge is 2.20. The molecular formula is C18H31NO4S. The van der Waals surface area contributed by atoms with E-state index in [0.717, 1.165) is 19.3 Å². The molecule has 24 heavy (non-hydrogen) atoms. The molecule has 0 unspecified atom stereocenters. The first-order chi connectivity index (χ1) is 11.5. The van der Waals surface area contributed by atoms with Crippen molar-refractivity contribution in [3.63, 3.8) is 0 Å². The average Bonchev–Trinajstić information content (AvgIpc) is 2.54. The Labute approximate surface area is 146 Å². The van der Waals surface area contributed by atoms with Crippen LogP contribution in [-0.4, -0.2) is 28.2 Å². The molecule has 0 fully saturated rings. The van der Waals surface area contributed by atoms with Gasteiger partial charge in [0, 0.05) is 12.6 Å². The molecule has 1 N–H and O–H groups in total. The molecule has 0 saturated heterocycles. The molecule has 0 aliphatic heterocycles. The summed E-state index contributed by atoms with van der Waals surface area (Å²) in [4.78, 5) is 0.166. The van der Waals surface area contributed by atoms with Crippen LogP contribution in [0.3, 0.4) is 0 Å². The van der Waals surface area contributed by atoms with E-state index >= 15 is 0 Å². The van der Waals surface area contributed by atoms with E-state index in [-0.39, 0.29) is 4.90 Å². The summed E-state index contributed by atoms with van der Waals surface area (Å²) >= 11 is 0. The van der Waals surface area contributed by atoms with Crippen LogP contribution in [0.15, 0.2) is 23.1 Å². The second-order valence-corrected chi connectivity index (χ2v) is 7.38. The molecule has 0 radical (unpaired) electrons. The Morgan fingerprint density at radius 3 is 2.25 bits per heavy atom. The zero-order valence-electron chi connectivity index (χ0n) is 15.1. The van der Waals surface area contributed by atoms with Crippen molar-refractivity contribution in [1.82, 2.24) is 4.72 Å². The molecule has 0 aliphatic rings. The minimum atomic E-state index is -3.57. The second-order valence-electron chi connectivity index (χ2n) is 5.64. The van der Waals surface area contributed by atoms with Crippen LogP contribution in [0, 0.1) is 0 Å². The second kappa shape index (κ2) is 11.3. The number of nitrogens with one attached hydrogen (secondary N) is 1. The first kappa shape index (κ1) is 20.8. The molecule has 5 nitrogen and oxygen atoms in total. The van der Waals surface area contributed by atoms with Gasteiger partial charge in [-0.25, -0.2) is 13.1 Å². The Morgan fingerprint density at radius 2 is 1.58 bits per heavy atom. The highest BCUT2D eigenvalue weighted by molar-refractivity contribution is 7.89. The summed E-state index contributed by atoms with van der Waals surface area (Å²) in [6, 6.07) is 4.83. The van der Waals surface area contributed by atoms with Crippen LogP contribution < -0.4 is 14.2 Å². The maximum atomic E-state index is 12.5. The normalized spacial score (nSPS) is 11.5. The van der Waals surface area contributed by atoms with Gasteiger partial charge in [0.25, 0.3) is 0 Å². The van der Waals surface area contributed by atoms with E-state index in [0.29, 0.717) is 31.3 Å². The van der Waals surface area contributed by atoms with Crippen molar-refractivity contribution in [3.05, 3.63) is 18.2 Å². The average molecular weight is 358 g/mol. The predicted octanol–water partition coefficient (Wildman–Crippen LogP) is 4.12. The van der Waals surface area contributed by atoms with Crippen molar-refractivity contribution in [1.29, 1.82) is 0 Å². The number of hydrogen-bond donors (Lipinski definition) is 1. The third-order valence-electron chi connectivity index (χ3n) is 3.64. The van der Waals surface area contributed by atoms with Crippen LogP contribution in [0.5, 0.6) is 11.5 Å². The highest BCUT2D eigenvalue weighted by Crippen LogP contribution is 2.28. The fourth-order valence-electron chi connectivity index (χ4n) is 2.42. The van der Waals surface area contributed by atoms with Gasteiger partial charge in [0.1, 0.15) is 16.4 Å². The minimum absolute atomic E-state index is 0.166. The number of benzene rings is 1. The molecule has 0 heterocycles. The quantitative estimate of drug-likeness (QED) is 0.539. The summed E-state index contributed by atoms with van der Waals surface area (Å²) in [7, 11) is -3.57. The zero-order chi connectivity index (χ0) is 17.8. The lowest BCUT2D eigenvalue weighted by Crippen LogP contribution is -2.25. The summed E-state index contributed by atoms with van der Waals surface area (Å²) in [5.74, 6) is 0.940. The van der Waals surface area contributed by atoms with Crippen molar-refractivity contribution in [2.75, 3.05) is 19.8 Å². The standard InChI is InChI=1S/C18H31NO4S/c1-4-7-8-9-10-11-14-19-24(20,21)18-13-12-16(22-5-2)15-17(18)23-6-3/h12-13,15,19H,4-11,14H2,1-3H3. The Bertz CT molecular complexity index is 572. The molecule has 138 valence electrons. The number of sulfonamides is 1. The van der Waals surface area contributed by atoms with Gasteiger partial charge in [-0.05, 0) is 32.4 Å². The minimum Gasteiger partial charge on any atom is -0.494 e. The van der Waals surface area contributed by atoms with Crippen LogP contribution in [-0.2, 0) is 10.0 Å². The predicted molar refractivity (Wildman–Crippen MR) is 97.3 cm³/mol. The van der Waals surface area contributed by atoms with Crippen LogP contribution in [0.2, 0.25) is 0 Å². The van der Waals surface area contributed by atoms with E-state index in [1.807, 2.05) is 13.8 Å². The van der Waals surface area contributed by atoms with E-state index in [1.165, 1.54) is 19.3 Å². The lowest BCUT2D eigenvalue weighted by Gasteiger charge is -2.13. The highest BCUT2D eigenvalue weighted by atomic mass is 32.2.